The Morgan fingerprint density at radius 1 is 1.42 bits per heavy atom. The molecule has 0 aliphatic rings. The quantitative estimate of drug-likeness (QED) is 0.679. The van der Waals surface area contributed by atoms with E-state index in [1.165, 1.54) is 0 Å². The summed E-state index contributed by atoms with van der Waals surface area (Å²) >= 11 is 0. The first-order chi connectivity index (χ1) is 5.77. The van der Waals surface area contributed by atoms with Gasteiger partial charge < -0.3 is 4.98 Å². The van der Waals surface area contributed by atoms with Crippen LogP contribution in [0.1, 0.15) is 12.6 Å². The lowest BCUT2D eigenvalue weighted by atomic mass is 10.2. The molecular formula is C10H10N2. The fraction of sp³-hybridized carbons (Fsp3) is 0.100. The molecular weight excluding hydrogens is 148 g/mol. The lowest BCUT2D eigenvalue weighted by Crippen LogP contribution is -1.83. The molecule has 2 heterocycles. The van der Waals surface area contributed by atoms with Crippen LogP contribution < -0.4 is 0 Å². The van der Waals surface area contributed by atoms with E-state index in [4.69, 9.17) is 0 Å². The van der Waals surface area contributed by atoms with Crippen molar-refractivity contribution in [3.63, 3.8) is 0 Å². The summed E-state index contributed by atoms with van der Waals surface area (Å²) in [6.45, 7) is 5.80. The van der Waals surface area contributed by atoms with Crippen molar-refractivity contribution < 1.29 is 0 Å². The van der Waals surface area contributed by atoms with Crippen molar-refractivity contribution in [3.05, 3.63) is 36.7 Å². The maximum Gasteiger partial charge on any atom is 0.0886 e. The van der Waals surface area contributed by atoms with E-state index >= 15 is 0 Å². The molecule has 2 heteroatoms. The van der Waals surface area contributed by atoms with Crippen LogP contribution in [-0.4, -0.2) is 9.97 Å². The molecule has 12 heavy (non-hydrogen) atoms. The van der Waals surface area contributed by atoms with Gasteiger partial charge in [0.1, 0.15) is 0 Å². The second kappa shape index (κ2) is 2.48. The standard InChI is InChI=1S/C10H10N2/c1-7(2)8-3-4-9-10(12-8)5-6-11-9/h3-6,11H,1H2,2H3. The van der Waals surface area contributed by atoms with Crippen molar-refractivity contribution in [2.75, 3.05) is 0 Å². The number of H-pyrrole nitrogens is 1. The Balaban J connectivity index is 2.68. The zero-order valence-electron chi connectivity index (χ0n) is 6.96. The van der Waals surface area contributed by atoms with Gasteiger partial charge in [0.2, 0.25) is 0 Å². The second-order valence-electron chi connectivity index (χ2n) is 2.89. The number of rotatable bonds is 1. The van der Waals surface area contributed by atoms with E-state index < -0.39 is 0 Å². The molecule has 0 saturated heterocycles. The van der Waals surface area contributed by atoms with Crippen LogP contribution >= 0.6 is 0 Å². The molecule has 1 N–H and O–H groups in total. The molecule has 0 aliphatic heterocycles. The highest BCUT2D eigenvalue weighted by Gasteiger charge is 1.97. The summed E-state index contributed by atoms with van der Waals surface area (Å²) in [5.74, 6) is 0. The molecule has 0 unspecified atom stereocenters. The van der Waals surface area contributed by atoms with Crippen molar-refractivity contribution >= 4 is 16.6 Å². The molecule has 2 nitrogen and oxygen atoms in total. The van der Waals surface area contributed by atoms with Gasteiger partial charge in [0, 0.05) is 6.20 Å². The fourth-order valence-corrected chi connectivity index (χ4v) is 1.17. The Morgan fingerprint density at radius 2 is 2.25 bits per heavy atom. The molecule has 0 amide bonds. The topological polar surface area (TPSA) is 28.7 Å². The van der Waals surface area contributed by atoms with Gasteiger partial charge in [0.05, 0.1) is 16.7 Å². The third kappa shape index (κ3) is 1.01. The van der Waals surface area contributed by atoms with Crippen molar-refractivity contribution in [2.45, 2.75) is 6.92 Å². The first-order valence-electron chi connectivity index (χ1n) is 3.87. The average Bonchev–Trinajstić information content (AvgIpc) is 2.49. The highest BCUT2D eigenvalue weighted by atomic mass is 14.8. The van der Waals surface area contributed by atoms with Crippen LogP contribution in [-0.2, 0) is 0 Å². The van der Waals surface area contributed by atoms with E-state index in [-0.39, 0.29) is 0 Å². The molecule has 2 rings (SSSR count). The normalized spacial score (nSPS) is 10.4. The van der Waals surface area contributed by atoms with Crippen LogP contribution in [0.3, 0.4) is 0 Å². The maximum atomic E-state index is 4.40. The van der Waals surface area contributed by atoms with Gasteiger partial charge >= 0.3 is 0 Å². The summed E-state index contributed by atoms with van der Waals surface area (Å²) in [7, 11) is 0. The summed E-state index contributed by atoms with van der Waals surface area (Å²) in [6, 6.07) is 5.95. The number of aromatic nitrogens is 2. The summed E-state index contributed by atoms with van der Waals surface area (Å²) < 4.78 is 0. The predicted molar refractivity (Wildman–Crippen MR) is 50.8 cm³/mol. The van der Waals surface area contributed by atoms with Crippen molar-refractivity contribution in [1.82, 2.24) is 9.97 Å². The van der Waals surface area contributed by atoms with Crippen LogP contribution in [0.25, 0.3) is 16.6 Å². The minimum absolute atomic E-state index is 0.960. The smallest absolute Gasteiger partial charge is 0.0886 e. The third-order valence-electron chi connectivity index (χ3n) is 1.84. The van der Waals surface area contributed by atoms with Gasteiger partial charge in [-0.3, -0.25) is 0 Å². The molecule has 0 aromatic carbocycles. The highest BCUT2D eigenvalue weighted by Crippen LogP contribution is 2.14. The van der Waals surface area contributed by atoms with Crippen molar-refractivity contribution in [2.24, 2.45) is 0 Å². The van der Waals surface area contributed by atoms with Crippen LogP contribution in [0.4, 0.5) is 0 Å². The van der Waals surface area contributed by atoms with Gasteiger partial charge in [0.15, 0.2) is 0 Å². The molecule has 0 aliphatic carbocycles. The van der Waals surface area contributed by atoms with Gasteiger partial charge in [-0.1, -0.05) is 6.58 Å². The van der Waals surface area contributed by atoms with Gasteiger partial charge in [-0.25, -0.2) is 4.98 Å². The van der Waals surface area contributed by atoms with Crippen LogP contribution in [0.5, 0.6) is 0 Å². The molecule has 2 aromatic rings. The van der Waals surface area contributed by atoms with Gasteiger partial charge in [0.25, 0.3) is 0 Å². The largest absolute Gasteiger partial charge is 0.360 e. The summed E-state index contributed by atoms with van der Waals surface area (Å²) in [6.07, 6.45) is 1.89. The fourth-order valence-electron chi connectivity index (χ4n) is 1.17. The predicted octanol–water partition coefficient (Wildman–Crippen LogP) is 2.60. The second-order valence-corrected chi connectivity index (χ2v) is 2.89. The number of nitrogens with zero attached hydrogens (tertiary/aromatic N) is 1. The molecule has 0 atom stereocenters. The van der Waals surface area contributed by atoms with E-state index in [1.54, 1.807) is 0 Å². The maximum absolute atomic E-state index is 4.40. The summed E-state index contributed by atoms with van der Waals surface area (Å²) in [5.41, 5.74) is 4.02. The zero-order valence-corrected chi connectivity index (χ0v) is 6.96. The molecule has 0 fully saturated rings. The third-order valence-corrected chi connectivity index (χ3v) is 1.84. The van der Waals surface area contributed by atoms with E-state index in [0.29, 0.717) is 0 Å². The first-order valence-corrected chi connectivity index (χ1v) is 3.87. The van der Waals surface area contributed by atoms with Crippen LogP contribution in [0.2, 0.25) is 0 Å². The lowest BCUT2D eigenvalue weighted by Gasteiger charge is -1.97. The Labute approximate surface area is 70.9 Å². The number of aromatic amines is 1. The Bertz CT molecular complexity index is 426. The van der Waals surface area contributed by atoms with Gasteiger partial charge in [-0.05, 0) is 30.7 Å². The van der Waals surface area contributed by atoms with Gasteiger partial charge in [-0.15, -0.1) is 0 Å². The highest BCUT2D eigenvalue weighted by molar-refractivity contribution is 5.77. The first kappa shape index (κ1) is 7.10. The minimum atomic E-state index is 0.960. The number of fused-ring (bicyclic) bond motifs is 1. The molecule has 60 valence electrons. The number of nitrogens with one attached hydrogen (secondary N) is 1. The average molecular weight is 158 g/mol. The Kier molecular flexibility index (Phi) is 1.47. The van der Waals surface area contributed by atoms with E-state index in [9.17, 15) is 0 Å². The SMILES string of the molecule is C=C(C)c1ccc2[nH]ccc2n1. The minimum Gasteiger partial charge on any atom is -0.360 e. The lowest BCUT2D eigenvalue weighted by molar-refractivity contribution is 1.34. The number of hydrogen-bond donors (Lipinski definition) is 1. The van der Waals surface area contributed by atoms with Crippen molar-refractivity contribution in [1.29, 1.82) is 0 Å². The molecule has 0 saturated carbocycles. The van der Waals surface area contributed by atoms with Crippen LogP contribution in [0.15, 0.2) is 31.0 Å². The van der Waals surface area contributed by atoms with Crippen molar-refractivity contribution in [3.8, 4) is 0 Å². The number of hydrogen-bond acceptors (Lipinski definition) is 1. The number of pyridine rings is 1. The summed E-state index contributed by atoms with van der Waals surface area (Å²) in [5, 5.41) is 0. The monoisotopic (exact) mass is 158 g/mol. The zero-order chi connectivity index (χ0) is 8.55. The van der Waals surface area contributed by atoms with E-state index in [1.807, 2.05) is 31.3 Å². The Hall–Kier alpha value is -1.57. The molecule has 0 spiro atoms. The molecule has 0 radical (unpaired) electrons. The van der Waals surface area contributed by atoms with E-state index in [2.05, 4.69) is 16.5 Å². The summed E-state index contributed by atoms with van der Waals surface area (Å²) in [4.78, 5) is 7.50. The van der Waals surface area contributed by atoms with Gasteiger partial charge in [-0.2, -0.15) is 0 Å². The Morgan fingerprint density at radius 3 is 3.00 bits per heavy atom. The van der Waals surface area contributed by atoms with Crippen LogP contribution in [0, 0.1) is 0 Å². The molecule has 0 bridgehead atoms. The number of allylic oxidation sites excluding steroid dienone is 1. The molecule has 2 aromatic heterocycles. The van der Waals surface area contributed by atoms with E-state index in [0.717, 1.165) is 22.3 Å².